The normalized spacial score (nSPS) is 18.3. The van der Waals surface area contributed by atoms with Crippen LogP contribution in [0.25, 0.3) is 16.5 Å². The lowest BCUT2D eigenvalue weighted by molar-refractivity contribution is -0.0499. The molecule has 0 atom stereocenters. The summed E-state index contributed by atoms with van der Waals surface area (Å²) in [6, 6.07) is 12.9. The molecule has 2 saturated heterocycles. The molecular weight excluding hydrogens is 426 g/mol. The van der Waals surface area contributed by atoms with Crippen LogP contribution in [0.1, 0.15) is 36.0 Å². The van der Waals surface area contributed by atoms with E-state index in [-0.39, 0.29) is 17.9 Å². The number of benzene rings is 2. The summed E-state index contributed by atoms with van der Waals surface area (Å²) in [6.45, 7) is 3.45. The third-order valence-electron chi connectivity index (χ3n) is 6.54. The average Bonchev–Trinajstić information content (AvgIpc) is 3.17. The number of likely N-dealkylation sites (tertiary alicyclic amines) is 1. The predicted octanol–water partition coefficient (Wildman–Crippen LogP) is 4.36. The average molecular weight is 454 g/mol. The van der Waals surface area contributed by atoms with Crippen LogP contribution in [0, 0.1) is 0 Å². The van der Waals surface area contributed by atoms with Crippen molar-refractivity contribution < 1.29 is 14.6 Å². The Bertz CT molecular complexity index is 1110. The molecule has 168 valence electrons. The summed E-state index contributed by atoms with van der Waals surface area (Å²) in [7, 11) is 0. The Labute approximate surface area is 192 Å². The zero-order chi connectivity index (χ0) is 22.1. The molecular formula is C25H28ClN3O3. The molecule has 6 nitrogen and oxygen atoms in total. The van der Waals surface area contributed by atoms with Crippen LogP contribution in [0.3, 0.4) is 0 Å². The molecule has 0 spiro atoms. The van der Waals surface area contributed by atoms with Crippen molar-refractivity contribution in [2.45, 2.75) is 37.9 Å². The molecule has 0 aliphatic carbocycles. The van der Waals surface area contributed by atoms with Gasteiger partial charge in [0.2, 0.25) is 5.88 Å². The zero-order valence-corrected chi connectivity index (χ0v) is 18.7. The van der Waals surface area contributed by atoms with E-state index in [2.05, 4.69) is 5.32 Å². The quantitative estimate of drug-likeness (QED) is 0.615. The van der Waals surface area contributed by atoms with E-state index in [1.54, 1.807) is 10.6 Å². The smallest absolute Gasteiger partial charge is 0.253 e. The van der Waals surface area contributed by atoms with Gasteiger partial charge in [-0.05, 0) is 63.0 Å². The van der Waals surface area contributed by atoms with Gasteiger partial charge >= 0.3 is 0 Å². The largest absolute Gasteiger partial charge is 0.494 e. The van der Waals surface area contributed by atoms with Gasteiger partial charge in [0.1, 0.15) is 0 Å². The van der Waals surface area contributed by atoms with Gasteiger partial charge in [0.05, 0.1) is 22.6 Å². The van der Waals surface area contributed by atoms with Gasteiger partial charge in [0.25, 0.3) is 5.91 Å². The molecule has 7 heteroatoms. The molecule has 2 aliphatic heterocycles. The number of fused-ring (bicyclic) bond motifs is 1. The maximum atomic E-state index is 13.2. The highest BCUT2D eigenvalue weighted by Gasteiger charge is 2.27. The SMILES string of the molecule is O=C(c1cccc(-n2cc3cccc(Cl)c3c2O)c1)N1CCC(OC2CCNCC2)CC1. The fourth-order valence-corrected chi connectivity index (χ4v) is 5.04. The van der Waals surface area contributed by atoms with Gasteiger partial charge in [-0.15, -0.1) is 0 Å². The van der Waals surface area contributed by atoms with Gasteiger partial charge < -0.3 is 20.1 Å². The van der Waals surface area contributed by atoms with Crippen LogP contribution >= 0.6 is 11.6 Å². The van der Waals surface area contributed by atoms with Crippen molar-refractivity contribution in [1.82, 2.24) is 14.8 Å². The first kappa shape index (κ1) is 21.3. The minimum absolute atomic E-state index is 0.0152. The number of rotatable bonds is 4. The van der Waals surface area contributed by atoms with Crippen LogP contribution in [0.4, 0.5) is 0 Å². The van der Waals surface area contributed by atoms with Crippen LogP contribution in [0.5, 0.6) is 5.88 Å². The number of nitrogens with zero attached hydrogens (tertiary/aromatic N) is 2. The van der Waals surface area contributed by atoms with Gasteiger partial charge in [-0.25, -0.2) is 0 Å². The first-order valence-corrected chi connectivity index (χ1v) is 11.7. The van der Waals surface area contributed by atoms with E-state index in [1.807, 2.05) is 47.5 Å². The molecule has 1 aromatic heterocycles. The Kier molecular flexibility index (Phi) is 6.09. The van der Waals surface area contributed by atoms with Gasteiger partial charge in [-0.2, -0.15) is 0 Å². The maximum Gasteiger partial charge on any atom is 0.253 e. The number of nitrogens with one attached hydrogen (secondary N) is 1. The molecule has 0 bridgehead atoms. The minimum Gasteiger partial charge on any atom is -0.494 e. The molecule has 32 heavy (non-hydrogen) atoms. The van der Waals surface area contributed by atoms with Crippen LogP contribution in [-0.4, -0.2) is 58.9 Å². The second-order valence-electron chi connectivity index (χ2n) is 8.65. The molecule has 2 aliphatic rings. The van der Waals surface area contributed by atoms with E-state index in [4.69, 9.17) is 16.3 Å². The topological polar surface area (TPSA) is 66.7 Å². The number of ether oxygens (including phenoxy) is 1. The Balaban J connectivity index is 1.28. The molecule has 2 fully saturated rings. The van der Waals surface area contributed by atoms with Crippen molar-refractivity contribution >= 4 is 28.3 Å². The van der Waals surface area contributed by atoms with Crippen molar-refractivity contribution in [3.05, 3.63) is 59.2 Å². The monoisotopic (exact) mass is 453 g/mol. The van der Waals surface area contributed by atoms with Crippen molar-refractivity contribution in [1.29, 1.82) is 0 Å². The van der Waals surface area contributed by atoms with Crippen molar-refractivity contribution in [2.24, 2.45) is 0 Å². The van der Waals surface area contributed by atoms with Gasteiger partial charge in [-0.1, -0.05) is 29.8 Å². The molecule has 2 N–H and O–H groups in total. The highest BCUT2D eigenvalue weighted by molar-refractivity contribution is 6.36. The van der Waals surface area contributed by atoms with Crippen LogP contribution in [0.2, 0.25) is 5.02 Å². The van der Waals surface area contributed by atoms with Gasteiger partial charge in [-0.3, -0.25) is 9.36 Å². The highest BCUT2D eigenvalue weighted by Crippen LogP contribution is 2.35. The number of piperidine rings is 2. The summed E-state index contributed by atoms with van der Waals surface area (Å²) >= 11 is 6.27. The van der Waals surface area contributed by atoms with E-state index in [1.165, 1.54) is 0 Å². The van der Waals surface area contributed by atoms with E-state index in [9.17, 15) is 9.90 Å². The fourth-order valence-electron chi connectivity index (χ4n) is 4.77. The van der Waals surface area contributed by atoms with E-state index < -0.39 is 0 Å². The summed E-state index contributed by atoms with van der Waals surface area (Å²) in [4.78, 5) is 15.1. The minimum atomic E-state index is 0.0152. The lowest BCUT2D eigenvalue weighted by Gasteiger charge is -2.35. The fraction of sp³-hybridized carbons (Fsp3) is 0.400. The number of aromatic nitrogens is 1. The van der Waals surface area contributed by atoms with Crippen LogP contribution < -0.4 is 5.32 Å². The number of amides is 1. The molecule has 5 rings (SSSR count). The van der Waals surface area contributed by atoms with Crippen molar-refractivity contribution in [2.75, 3.05) is 26.2 Å². The van der Waals surface area contributed by atoms with Crippen molar-refractivity contribution in [3.63, 3.8) is 0 Å². The second-order valence-corrected chi connectivity index (χ2v) is 9.06. The standard InChI is InChI=1S/C25H28ClN3O3/c26-22-6-2-4-18-16-29(25(31)23(18)22)19-5-1-3-17(15-19)24(30)28-13-9-21(10-14-28)32-20-7-11-27-12-8-20/h1-6,15-16,20-21,27,31H,7-14H2. The molecule has 0 saturated carbocycles. The lowest BCUT2D eigenvalue weighted by atomic mass is 10.0. The number of carbonyl (C=O) groups excluding carboxylic acids is 1. The molecule has 2 aromatic carbocycles. The number of hydrogen-bond donors (Lipinski definition) is 2. The molecule has 0 unspecified atom stereocenters. The first-order chi connectivity index (χ1) is 15.6. The van der Waals surface area contributed by atoms with Gasteiger partial charge in [0, 0.05) is 35.9 Å². The lowest BCUT2D eigenvalue weighted by Crippen LogP contribution is -2.43. The van der Waals surface area contributed by atoms with Crippen LogP contribution in [-0.2, 0) is 4.74 Å². The third kappa shape index (κ3) is 4.22. The number of aromatic hydroxyl groups is 1. The summed E-state index contributed by atoms with van der Waals surface area (Å²) < 4.78 is 7.95. The van der Waals surface area contributed by atoms with E-state index in [0.29, 0.717) is 35.2 Å². The summed E-state index contributed by atoms with van der Waals surface area (Å²) in [5.41, 5.74) is 1.34. The molecule has 1 amide bonds. The Morgan fingerprint density at radius 1 is 1.03 bits per heavy atom. The van der Waals surface area contributed by atoms with E-state index >= 15 is 0 Å². The Morgan fingerprint density at radius 2 is 1.75 bits per heavy atom. The summed E-state index contributed by atoms with van der Waals surface area (Å²) in [6.07, 6.45) is 6.30. The summed E-state index contributed by atoms with van der Waals surface area (Å²) in [5.74, 6) is 0.0903. The van der Waals surface area contributed by atoms with Gasteiger partial charge in [0.15, 0.2) is 0 Å². The second kappa shape index (κ2) is 9.14. The Morgan fingerprint density at radius 3 is 2.50 bits per heavy atom. The van der Waals surface area contributed by atoms with E-state index in [0.717, 1.165) is 49.8 Å². The molecule has 3 aromatic rings. The van der Waals surface area contributed by atoms with Crippen molar-refractivity contribution in [3.8, 4) is 11.6 Å². The molecule has 3 heterocycles. The summed E-state index contributed by atoms with van der Waals surface area (Å²) in [5, 5.41) is 16.1. The number of halogens is 1. The molecule has 0 radical (unpaired) electrons. The van der Waals surface area contributed by atoms with Crippen LogP contribution in [0.15, 0.2) is 48.7 Å². The Hall–Kier alpha value is -2.54. The third-order valence-corrected chi connectivity index (χ3v) is 6.85. The highest BCUT2D eigenvalue weighted by atomic mass is 35.5. The number of carbonyl (C=O) groups is 1. The first-order valence-electron chi connectivity index (χ1n) is 11.3. The predicted molar refractivity (Wildman–Crippen MR) is 126 cm³/mol. The maximum absolute atomic E-state index is 13.2. The number of hydrogen-bond acceptors (Lipinski definition) is 4. The zero-order valence-electron chi connectivity index (χ0n) is 18.0.